The van der Waals surface area contributed by atoms with Gasteiger partial charge in [0.1, 0.15) is 0 Å². The van der Waals surface area contributed by atoms with E-state index in [1.165, 1.54) is 12.8 Å². The van der Waals surface area contributed by atoms with Crippen molar-refractivity contribution in [1.82, 2.24) is 15.1 Å². The van der Waals surface area contributed by atoms with Gasteiger partial charge in [-0.15, -0.1) is 0 Å². The topological polar surface area (TPSA) is 78.7 Å². The van der Waals surface area contributed by atoms with Gasteiger partial charge in [-0.25, -0.2) is 0 Å². The second-order valence-electron chi connectivity index (χ2n) is 8.02. The first-order valence-corrected chi connectivity index (χ1v) is 10.1. The number of likely N-dealkylation sites (tertiary alicyclic amines) is 2. The number of nitrogens with one attached hydrogen (secondary N) is 1. The van der Waals surface area contributed by atoms with Gasteiger partial charge < -0.3 is 16.0 Å². The van der Waals surface area contributed by atoms with Crippen LogP contribution in [0.1, 0.15) is 51.9 Å². The maximum atomic E-state index is 12.7. The van der Waals surface area contributed by atoms with Crippen LogP contribution in [0.4, 0.5) is 0 Å². The van der Waals surface area contributed by atoms with E-state index >= 15 is 0 Å². The van der Waals surface area contributed by atoms with Crippen molar-refractivity contribution in [2.75, 3.05) is 32.7 Å². The van der Waals surface area contributed by atoms with Crippen molar-refractivity contribution in [1.29, 1.82) is 0 Å². The van der Waals surface area contributed by atoms with E-state index in [0.29, 0.717) is 31.5 Å². The lowest BCUT2D eigenvalue weighted by atomic mass is 9.84. The summed E-state index contributed by atoms with van der Waals surface area (Å²) in [6, 6.07) is 0.663. The summed E-state index contributed by atoms with van der Waals surface area (Å²) in [5, 5.41) is 3.21. The largest absolute Gasteiger partial charge is 0.353 e. The highest BCUT2D eigenvalue weighted by Gasteiger charge is 2.38. The van der Waals surface area contributed by atoms with E-state index in [2.05, 4.69) is 17.1 Å². The Morgan fingerprint density at radius 2 is 2.04 bits per heavy atom. The predicted molar refractivity (Wildman–Crippen MR) is 97.9 cm³/mol. The summed E-state index contributed by atoms with van der Waals surface area (Å²) in [6.45, 7) is 6.35. The SMILES string of the molecule is CCN1CCCC1CN1CC(C(=O)NC2CCCCC2CN)CC1=O. The Balaban J connectivity index is 1.52. The van der Waals surface area contributed by atoms with E-state index in [1.54, 1.807) is 0 Å². The molecule has 0 aromatic rings. The Morgan fingerprint density at radius 1 is 1.24 bits per heavy atom. The van der Waals surface area contributed by atoms with E-state index < -0.39 is 0 Å². The maximum Gasteiger partial charge on any atom is 0.225 e. The molecule has 3 rings (SSSR count). The number of rotatable bonds is 6. The lowest BCUT2D eigenvalue weighted by Crippen LogP contribution is -2.47. The third-order valence-electron chi connectivity index (χ3n) is 6.46. The smallest absolute Gasteiger partial charge is 0.225 e. The molecule has 0 radical (unpaired) electrons. The molecule has 3 aliphatic rings. The third-order valence-corrected chi connectivity index (χ3v) is 6.46. The Hall–Kier alpha value is -1.14. The Labute approximate surface area is 151 Å². The van der Waals surface area contributed by atoms with Gasteiger partial charge in [0, 0.05) is 31.6 Å². The number of nitrogens with two attached hydrogens (primary N) is 1. The van der Waals surface area contributed by atoms with Gasteiger partial charge in [0.15, 0.2) is 0 Å². The number of hydrogen-bond acceptors (Lipinski definition) is 4. The van der Waals surface area contributed by atoms with E-state index in [9.17, 15) is 9.59 Å². The highest BCUT2D eigenvalue weighted by molar-refractivity contribution is 5.89. The molecule has 1 aliphatic carbocycles. The van der Waals surface area contributed by atoms with Crippen LogP contribution in [0.15, 0.2) is 0 Å². The molecule has 0 aromatic heterocycles. The monoisotopic (exact) mass is 350 g/mol. The summed E-state index contributed by atoms with van der Waals surface area (Å²) in [6.07, 6.45) is 7.23. The molecule has 3 fully saturated rings. The van der Waals surface area contributed by atoms with Gasteiger partial charge in [-0.2, -0.15) is 0 Å². The average molecular weight is 351 g/mol. The molecule has 1 saturated carbocycles. The summed E-state index contributed by atoms with van der Waals surface area (Å²) < 4.78 is 0. The fraction of sp³-hybridized carbons (Fsp3) is 0.895. The zero-order chi connectivity index (χ0) is 17.8. The van der Waals surface area contributed by atoms with Gasteiger partial charge in [-0.1, -0.05) is 19.8 Å². The minimum absolute atomic E-state index is 0.0555. The molecule has 2 aliphatic heterocycles. The normalized spacial score (nSPS) is 33.8. The van der Waals surface area contributed by atoms with Crippen LogP contribution >= 0.6 is 0 Å². The van der Waals surface area contributed by atoms with Crippen molar-refractivity contribution in [2.24, 2.45) is 17.6 Å². The van der Waals surface area contributed by atoms with Gasteiger partial charge in [-0.3, -0.25) is 14.5 Å². The van der Waals surface area contributed by atoms with Crippen molar-refractivity contribution in [3.8, 4) is 0 Å². The maximum absolute atomic E-state index is 12.7. The van der Waals surface area contributed by atoms with Crippen LogP contribution < -0.4 is 11.1 Å². The van der Waals surface area contributed by atoms with Gasteiger partial charge in [-0.05, 0) is 51.2 Å². The summed E-state index contributed by atoms with van der Waals surface area (Å²) in [5.74, 6) is 0.397. The number of carbonyl (C=O) groups is 2. The van der Waals surface area contributed by atoms with Crippen molar-refractivity contribution in [3.05, 3.63) is 0 Å². The van der Waals surface area contributed by atoms with Crippen LogP contribution in [0.5, 0.6) is 0 Å². The molecule has 6 heteroatoms. The number of likely N-dealkylation sites (N-methyl/N-ethyl adjacent to an activating group) is 1. The molecule has 4 atom stereocenters. The zero-order valence-corrected chi connectivity index (χ0v) is 15.6. The number of amides is 2. The molecular weight excluding hydrogens is 316 g/mol. The summed E-state index contributed by atoms with van der Waals surface area (Å²) >= 11 is 0. The average Bonchev–Trinajstić information content (AvgIpc) is 3.22. The quantitative estimate of drug-likeness (QED) is 0.748. The lowest BCUT2D eigenvalue weighted by molar-refractivity contribution is -0.129. The third kappa shape index (κ3) is 4.34. The molecule has 0 bridgehead atoms. The first-order chi connectivity index (χ1) is 12.1. The number of carbonyl (C=O) groups excluding carboxylic acids is 2. The van der Waals surface area contributed by atoms with E-state index in [0.717, 1.165) is 45.3 Å². The van der Waals surface area contributed by atoms with Crippen molar-refractivity contribution < 1.29 is 9.59 Å². The van der Waals surface area contributed by atoms with Crippen molar-refractivity contribution >= 4 is 11.8 Å². The van der Waals surface area contributed by atoms with Crippen LogP contribution in [0, 0.1) is 11.8 Å². The lowest BCUT2D eigenvalue weighted by Gasteiger charge is -2.32. The van der Waals surface area contributed by atoms with Crippen LogP contribution in [0.2, 0.25) is 0 Å². The Kier molecular flexibility index (Phi) is 6.34. The van der Waals surface area contributed by atoms with Gasteiger partial charge >= 0.3 is 0 Å². The molecule has 6 nitrogen and oxygen atoms in total. The Bertz CT molecular complexity index is 484. The fourth-order valence-corrected chi connectivity index (χ4v) is 4.88. The minimum atomic E-state index is -0.190. The molecule has 0 aromatic carbocycles. The second-order valence-corrected chi connectivity index (χ2v) is 8.02. The van der Waals surface area contributed by atoms with Gasteiger partial charge in [0.25, 0.3) is 0 Å². The fourth-order valence-electron chi connectivity index (χ4n) is 4.88. The number of nitrogens with zero attached hydrogens (tertiary/aromatic N) is 2. The highest BCUT2D eigenvalue weighted by atomic mass is 16.2. The van der Waals surface area contributed by atoms with Crippen molar-refractivity contribution in [3.63, 3.8) is 0 Å². The van der Waals surface area contributed by atoms with Gasteiger partial charge in [0.2, 0.25) is 11.8 Å². The predicted octanol–water partition coefficient (Wildman–Crippen LogP) is 0.953. The van der Waals surface area contributed by atoms with Crippen LogP contribution in [0.3, 0.4) is 0 Å². The molecule has 4 unspecified atom stereocenters. The summed E-state index contributed by atoms with van der Waals surface area (Å²) in [7, 11) is 0. The molecule has 2 heterocycles. The van der Waals surface area contributed by atoms with Gasteiger partial charge in [0.05, 0.1) is 5.92 Å². The van der Waals surface area contributed by atoms with E-state index in [4.69, 9.17) is 5.73 Å². The molecule has 142 valence electrons. The zero-order valence-electron chi connectivity index (χ0n) is 15.6. The van der Waals surface area contributed by atoms with Crippen molar-refractivity contribution in [2.45, 2.75) is 64.0 Å². The van der Waals surface area contributed by atoms with Crippen LogP contribution in [0.25, 0.3) is 0 Å². The standard InChI is InChI=1S/C19H34N4O2/c1-2-22-9-5-7-16(22)13-23-12-15(10-18(23)24)19(25)21-17-8-4-3-6-14(17)11-20/h14-17H,2-13,20H2,1H3,(H,21,25). The summed E-state index contributed by atoms with van der Waals surface area (Å²) in [5.41, 5.74) is 5.87. The number of hydrogen-bond donors (Lipinski definition) is 2. The first-order valence-electron chi connectivity index (χ1n) is 10.1. The molecule has 3 N–H and O–H groups in total. The molecular formula is C19H34N4O2. The molecule has 25 heavy (non-hydrogen) atoms. The first kappa shape index (κ1) is 18.6. The summed E-state index contributed by atoms with van der Waals surface area (Å²) in [4.78, 5) is 29.4. The highest BCUT2D eigenvalue weighted by Crippen LogP contribution is 2.26. The van der Waals surface area contributed by atoms with E-state index in [1.807, 2.05) is 4.90 Å². The Morgan fingerprint density at radius 3 is 2.80 bits per heavy atom. The van der Waals surface area contributed by atoms with Crippen LogP contribution in [-0.2, 0) is 9.59 Å². The minimum Gasteiger partial charge on any atom is -0.353 e. The molecule has 2 saturated heterocycles. The molecule has 2 amide bonds. The second kappa shape index (κ2) is 8.49. The molecule has 0 spiro atoms. The van der Waals surface area contributed by atoms with E-state index in [-0.39, 0.29) is 23.8 Å². The van der Waals surface area contributed by atoms with Crippen LogP contribution in [-0.4, -0.2) is 66.4 Å².